The molecule has 0 saturated heterocycles. The average molecular weight is 377 g/mol. The number of hydrogen-bond acceptors (Lipinski definition) is 3. The van der Waals surface area contributed by atoms with Crippen LogP contribution in [0.3, 0.4) is 0 Å². The van der Waals surface area contributed by atoms with Gasteiger partial charge in [0.2, 0.25) is 5.91 Å². The Bertz CT molecular complexity index is 975. The van der Waals surface area contributed by atoms with E-state index in [2.05, 4.69) is 5.32 Å². The van der Waals surface area contributed by atoms with Crippen LogP contribution in [0.5, 0.6) is 5.75 Å². The van der Waals surface area contributed by atoms with E-state index < -0.39 is 0 Å². The predicted molar refractivity (Wildman–Crippen MR) is 99.2 cm³/mol. The van der Waals surface area contributed by atoms with E-state index in [9.17, 15) is 9.59 Å². The summed E-state index contributed by atoms with van der Waals surface area (Å²) in [5, 5.41) is 4.18. The standard InChI is InChI=1S/C18H14Cl2N2O3/c1-10(23)22-9-16(15-8-14(25-2)3-4-17(15)22)18(24)21-13-6-11(19)5-12(20)7-13/h3-9H,1-2H3,(H,21,24). The number of halogens is 2. The minimum atomic E-state index is -0.378. The molecule has 0 unspecified atom stereocenters. The third-order valence-corrected chi connectivity index (χ3v) is 4.15. The fourth-order valence-corrected chi connectivity index (χ4v) is 3.13. The molecule has 0 aliphatic carbocycles. The van der Waals surface area contributed by atoms with Crippen LogP contribution in [0, 0.1) is 0 Å². The van der Waals surface area contributed by atoms with Crippen molar-refractivity contribution in [1.82, 2.24) is 4.57 Å². The second-order valence-corrected chi connectivity index (χ2v) is 6.30. The van der Waals surface area contributed by atoms with Crippen molar-refractivity contribution in [1.29, 1.82) is 0 Å². The minimum Gasteiger partial charge on any atom is -0.497 e. The lowest BCUT2D eigenvalue weighted by molar-refractivity contribution is 0.0941. The van der Waals surface area contributed by atoms with Gasteiger partial charge in [-0.25, -0.2) is 0 Å². The summed E-state index contributed by atoms with van der Waals surface area (Å²) in [6.45, 7) is 1.43. The molecule has 25 heavy (non-hydrogen) atoms. The molecule has 0 atom stereocenters. The van der Waals surface area contributed by atoms with Crippen molar-refractivity contribution < 1.29 is 14.3 Å². The van der Waals surface area contributed by atoms with Crippen LogP contribution in [0.4, 0.5) is 5.69 Å². The highest BCUT2D eigenvalue weighted by Gasteiger charge is 2.18. The molecule has 5 nitrogen and oxygen atoms in total. The van der Waals surface area contributed by atoms with Gasteiger partial charge in [-0.15, -0.1) is 0 Å². The molecule has 0 spiro atoms. The monoisotopic (exact) mass is 376 g/mol. The van der Waals surface area contributed by atoms with E-state index in [1.165, 1.54) is 24.8 Å². The van der Waals surface area contributed by atoms with E-state index in [0.717, 1.165) is 0 Å². The molecule has 128 valence electrons. The minimum absolute atomic E-state index is 0.194. The van der Waals surface area contributed by atoms with Crippen molar-refractivity contribution in [3.8, 4) is 5.75 Å². The maximum atomic E-state index is 12.7. The van der Waals surface area contributed by atoms with E-state index in [1.54, 1.807) is 36.4 Å². The zero-order valence-electron chi connectivity index (χ0n) is 13.5. The summed E-state index contributed by atoms with van der Waals surface area (Å²) in [5.41, 5.74) is 1.44. The molecular weight excluding hydrogens is 363 g/mol. The number of ether oxygens (including phenoxy) is 1. The summed E-state index contributed by atoms with van der Waals surface area (Å²) in [5.74, 6) is 0.0188. The lowest BCUT2D eigenvalue weighted by Gasteiger charge is -2.06. The molecule has 0 fully saturated rings. The smallest absolute Gasteiger partial charge is 0.257 e. The van der Waals surface area contributed by atoms with Gasteiger partial charge in [-0.1, -0.05) is 23.2 Å². The van der Waals surface area contributed by atoms with E-state index in [4.69, 9.17) is 27.9 Å². The molecule has 2 aromatic carbocycles. The van der Waals surface area contributed by atoms with Crippen LogP contribution in [0.2, 0.25) is 10.0 Å². The normalized spacial score (nSPS) is 10.7. The molecule has 0 saturated carbocycles. The molecule has 7 heteroatoms. The Morgan fingerprint density at radius 1 is 1.08 bits per heavy atom. The number of carbonyl (C=O) groups excluding carboxylic acids is 2. The van der Waals surface area contributed by atoms with Crippen molar-refractivity contribution in [2.24, 2.45) is 0 Å². The first kappa shape index (κ1) is 17.3. The molecule has 1 aromatic heterocycles. The Balaban J connectivity index is 2.07. The number of fused-ring (bicyclic) bond motifs is 1. The van der Waals surface area contributed by atoms with Crippen molar-refractivity contribution in [2.45, 2.75) is 6.92 Å². The topological polar surface area (TPSA) is 60.3 Å². The van der Waals surface area contributed by atoms with Gasteiger partial charge < -0.3 is 10.1 Å². The van der Waals surface area contributed by atoms with E-state index >= 15 is 0 Å². The molecule has 0 aliphatic heterocycles. The molecule has 0 radical (unpaired) electrons. The molecule has 1 heterocycles. The highest BCUT2D eigenvalue weighted by Crippen LogP contribution is 2.28. The van der Waals surface area contributed by atoms with Crippen molar-refractivity contribution in [2.75, 3.05) is 12.4 Å². The predicted octanol–water partition coefficient (Wildman–Crippen LogP) is 4.87. The Kier molecular flexibility index (Phi) is 4.70. The van der Waals surface area contributed by atoms with Gasteiger partial charge in [-0.3, -0.25) is 14.2 Å². The number of nitrogens with zero attached hydrogens (tertiary/aromatic N) is 1. The number of hydrogen-bond donors (Lipinski definition) is 1. The van der Waals surface area contributed by atoms with Crippen molar-refractivity contribution in [3.05, 3.63) is 58.2 Å². The zero-order valence-corrected chi connectivity index (χ0v) is 15.0. The first-order chi connectivity index (χ1) is 11.9. The second-order valence-electron chi connectivity index (χ2n) is 5.43. The van der Waals surface area contributed by atoms with Crippen LogP contribution in [0.1, 0.15) is 22.1 Å². The molecule has 1 amide bonds. The maximum absolute atomic E-state index is 12.7. The summed E-state index contributed by atoms with van der Waals surface area (Å²) < 4.78 is 6.64. The van der Waals surface area contributed by atoms with Crippen molar-refractivity contribution in [3.63, 3.8) is 0 Å². The van der Waals surface area contributed by atoms with E-state index in [0.29, 0.717) is 37.9 Å². The first-order valence-corrected chi connectivity index (χ1v) is 8.12. The fourth-order valence-electron chi connectivity index (χ4n) is 2.60. The largest absolute Gasteiger partial charge is 0.497 e. The van der Waals surface area contributed by atoms with Crippen LogP contribution < -0.4 is 10.1 Å². The van der Waals surface area contributed by atoms with Gasteiger partial charge in [-0.2, -0.15) is 0 Å². The van der Waals surface area contributed by atoms with Crippen LogP contribution >= 0.6 is 23.2 Å². The second kappa shape index (κ2) is 6.78. The Morgan fingerprint density at radius 3 is 2.36 bits per heavy atom. The number of anilines is 1. The number of methoxy groups -OCH3 is 1. The summed E-state index contributed by atoms with van der Waals surface area (Å²) in [6.07, 6.45) is 1.51. The van der Waals surface area contributed by atoms with Crippen LogP contribution in [0.25, 0.3) is 10.9 Å². The lowest BCUT2D eigenvalue weighted by Crippen LogP contribution is -2.12. The molecule has 3 rings (SSSR count). The highest BCUT2D eigenvalue weighted by atomic mass is 35.5. The lowest BCUT2D eigenvalue weighted by atomic mass is 10.1. The molecule has 1 N–H and O–H groups in total. The number of aromatic nitrogens is 1. The van der Waals surface area contributed by atoms with Crippen molar-refractivity contribution >= 4 is 51.6 Å². The van der Waals surface area contributed by atoms with Crippen LogP contribution in [-0.2, 0) is 0 Å². The Hall–Kier alpha value is -2.50. The molecule has 0 aliphatic rings. The van der Waals surface area contributed by atoms with Gasteiger partial charge in [0.1, 0.15) is 5.75 Å². The quantitative estimate of drug-likeness (QED) is 0.709. The summed E-state index contributed by atoms with van der Waals surface area (Å²) >= 11 is 11.9. The summed E-state index contributed by atoms with van der Waals surface area (Å²) in [4.78, 5) is 24.6. The van der Waals surface area contributed by atoms with Gasteiger partial charge in [0.25, 0.3) is 5.91 Å². The molecule has 0 bridgehead atoms. The third-order valence-electron chi connectivity index (χ3n) is 3.72. The molecule has 3 aromatic rings. The number of benzene rings is 2. The first-order valence-electron chi connectivity index (χ1n) is 7.36. The maximum Gasteiger partial charge on any atom is 0.257 e. The molecular formula is C18H14Cl2N2O3. The summed E-state index contributed by atoms with van der Waals surface area (Å²) in [6, 6.07) is 9.95. The Morgan fingerprint density at radius 2 is 1.76 bits per heavy atom. The van der Waals surface area contributed by atoms with Crippen LogP contribution in [0.15, 0.2) is 42.6 Å². The van der Waals surface area contributed by atoms with Crippen LogP contribution in [-0.4, -0.2) is 23.5 Å². The van der Waals surface area contributed by atoms with Gasteiger partial charge in [0.05, 0.1) is 18.2 Å². The third kappa shape index (κ3) is 3.48. The van der Waals surface area contributed by atoms with E-state index in [-0.39, 0.29) is 11.8 Å². The van der Waals surface area contributed by atoms with Gasteiger partial charge in [-0.05, 0) is 36.4 Å². The number of carbonyl (C=O) groups is 2. The number of rotatable bonds is 3. The van der Waals surface area contributed by atoms with Gasteiger partial charge >= 0.3 is 0 Å². The van der Waals surface area contributed by atoms with E-state index in [1.807, 2.05) is 0 Å². The zero-order chi connectivity index (χ0) is 18.1. The summed E-state index contributed by atoms with van der Waals surface area (Å²) in [7, 11) is 1.54. The Labute approximate surface area is 154 Å². The van der Waals surface area contributed by atoms with Gasteiger partial charge in [0.15, 0.2) is 0 Å². The average Bonchev–Trinajstić information content (AvgIpc) is 2.92. The fraction of sp³-hybridized carbons (Fsp3) is 0.111. The number of amides is 1. The highest BCUT2D eigenvalue weighted by molar-refractivity contribution is 6.35. The van der Waals surface area contributed by atoms with Gasteiger partial charge in [0, 0.05) is 34.2 Å². The number of nitrogens with one attached hydrogen (secondary N) is 1. The SMILES string of the molecule is COc1ccc2c(c1)c(C(=O)Nc1cc(Cl)cc(Cl)c1)cn2C(C)=O.